The molecule has 1 fully saturated rings. The summed E-state index contributed by atoms with van der Waals surface area (Å²) in [7, 11) is 4.10. The van der Waals surface area contributed by atoms with Crippen molar-refractivity contribution in [2.45, 2.75) is 45.6 Å². The maximum Gasteiger partial charge on any atom is 0.255 e. The molecule has 7 nitrogen and oxygen atoms in total. The van der Waals surface area contributed by atoms with Crippen molar-refractivity contribution >= 4 is 11.6 Å². The van der Waals surface area contributed by atoms with Gasteiger partial charge in [0, 0.05) is 58.1 Å². The third kappa shape index (κ3) is 4.46. The number of nitrogens with zero attached hydrogens (tertiary/aromatic N) is 4. The number of fused-ring (bicyclic) bond motifs is 1. The third-order valence-electron chi connectivity index (χ3n) is 5.72. The molecule has 156 valence electrons. The van der Waals surface area contributed by atoms with Gasteiger partial charge in [0.25, 0.3) is 5.56 Å². The minimum Gasteiger partial charge on any atom is -0.378 e. The zero-order chi connectivity index (χ0) is 20.5. The van der Waals surface area contributed by atoms with Gasteiger partial charge in [0.2, 0.25) is 5.95 Å². The molecule has 1 saturated heterocycles. The Bertz CT molecular complexity index is 898. The van der Waals surface area contributed by atoms with Gasteiger partial charge in [0.1, 0.15) is 0 Å². The van der Waals surface area contributed by atoms with Gasteiger partial charge in [-0.1, -0.05) is 12.1 Å². The molecule has 0 amide bonds. The zero-order valence-corrected chi connectivity index (χ0v) is 17.8. The number of hydrogen-bond donors (Lipinski definition) is 1. The number of hydrogen-bond acceptors (Lipinski definition) is 6. The van der Waals surface area contributed by atoms with Gasteiger partial charge in [0.15, 0.2) is 0 Å². The first-order valence-corrected chi connectivity index (χ1v) is 10.4. The van der Waals surface area contributed by atoms with Gasteiger partial charge in [-0.15, -0.1) is 0 Å². The van der Waals surface area contributed by atoms with Gasteiger partial charge in [0.05, 0.1) is 17.9 Å². The second-order valence-electron chi connectivity index (χ2n) is 8.50. The first kappa shape index (κ1) is 19.9. The van der Waals surface area contributed by atoms with E-state index in [2.05, 4.69) is 57.8 Å². The van der Waals surface area contributed by atoms with Gasteiger partial charge in [-0.2, -0.15) is 0 Å². The van der Waals surface area contributed by atoms with Gasteiger partial charge in [-0.25, -0.2) is 4.98 Å². The lowest BCUT2D eigenvalue weighted by Gasteiger charge is -2.36. The van der Waals surface area contributed by atoms with E-state index < -0.39 is 0 Å². The van der Waals surface area contributed by atoms with Crippen LogP contribution in [0.1, 0.15) is 30.7 Å². The fourth-order valence-corrected chi connectivity index (χ4v) is 4.27. The second-order valence-corrected chi connectivity index (χ2v) is 8.50. The van der Waals surface area contributed by atoms with Gasteiger partial charge in [-0.3, -0.25) is 14.7 Å². The van der Waals surface area contributed by atoms with Crippen molar-refractivity contribution in [3.8, 4) is 0 Å². The van der Waals surface area contributed by atoms with E-state index in [4.69, 9.17) is 9.72 Å². The summed E-state index contributed by atoms with van der Waals surface area (Å²) in [6, 6.07) is 8.65. The number of aromatic amines is 1. The Kier molecular flexibility index (Phi) is 5.61. The van der Waals surface area contributed by atoms with Crippen LogP contribution in [-0.4, -0.2) is 60.8 Å². The molecule has 1 aromatic heterocycles. The summed E-state index contributed by atoms with van der Waals surface area (Å²) >= 11 is 0. The van der Waals surface area contributed by atoms with Gasteiger partial charge < -0.3 is 14.5 Å². The number of benzene rings is 1. The predicted octanol–water partition coefficient (Wildman–Crippen LogP) is 2.01. The van der Waals surface area contributed by atoms with Crippen LogP contribution in [0.2, 0.25) is 0 Å². The maximum atomic E-state index is 12.7. The first-order chi connectivity index (χ1) is 13.9. The summed E-state index contributed by atoms with van der Waals surface area (Å²) in [4.78, 5) is 27.2. The molecule has 2 aliphatic heterocycles. The molecular formula is C22H31N5O2. The van der Waals surface area contributed by atoms with Crippen molar-refractivity contribution in [2.24, 2.45) is 0 Å². The molecule has 0 saturated carbocycles. The topological polar surface area (TPSA) is 64.7 Å². The molecule has 2 atom stereocenters. The number of H-pyrrole nitrogens is 1. The fraction of sp³-hybridized carbons (Fsp3) is 0.545. The minimum atomic E-state index is 0.00628. The highest BCUT2D eigenvalue weighted by molar-refractivity contribution is 5.46. The Hall–Kier alpha value is -2.38. The molecule has 0 aliphatic carbocycles. The van der Waals surface area contributed by atoms with Crippen LogP contribution in [0, 0.1) is 0 Å². The molecule has 2 aromatic rings. The van der Waals surface area contributed by atoms with Crippen LogP contribution in [-0.2, 0) is 24.2 Å². The summed E-state index contributed by atoms with van der Waals surface area (Å²) in [5, 5.41) is 0. The van der Waals surface area contributed by atoms with E-state index in [1.54, 1.807) is 0 Å². The van der Waals surface area contributed by atoms with E-state index in [-0.39, 0.29) is 17.8 Å². The molecule has 29 heavy (non-hydrogen) atoms. The standard InChI is InChI=1S/C22H31N5O2/c1-15-11-27(12-16(2)29-15)22-23-20-14-26(10-9-19(20)21(28)24-22)13-17-5-7-18(8-6-17)25(3)4/h5-8,15-16H,9-14H2,1-4H3,(H,23,24,28)/t15-,16-/m1/s1. The van der Waals surface area contributed by atoms with Crippen LogP contribution in [0.25, 0.3) is 0 Å². The molecule has 4 rings (SSSR count). The lowest BCUT2D eigenvalue weighted by molar-refractivity contribution is -0.00576. The molecule has 0 spiro atoms. The number of anilines is 2. The maximum absolute atomic E-state index is 12.7. The largest absolute Gasteiger partial charge is 0.378 e. The number of rotatable bonds is 4. The van der Waals surface area contributed by atoms with E-state index in [9.17, 15) is 4.79 Å². The summed E-state index contributed by atoms with van der Waals surface area (Å²) in [6.07, 6.45) is 0.993. The Balaban J connectivity index is 1.50. The third-order valence-corrected chi connectivity index (χ3v) is 5.72. The summed E-state index contributed by atoms with van der Waals surface area (Å²) in [5.74, 6) is 0.674. The van der Waals surface area contributed by atoms with Gasteiger partial charge in [-0.05, 0) is 38.0 Å². The zero-order valence-electron chi connectivity index (χ0n) is 17.8. The molecule has 3 heterocycles. The van der Waals surface area contributed by atoms with Gasteiger partial charge >= 0.3 is 0 Å². The Morgan fingerprint density at radius 1 is 1.17 bits per heavy atom. The number of morpholine rings is 1. The average Bonchev–Trinajstić information content (AvgIpc) is 2.67. The van der Waals surface area contributed by atoms with Crippen molar-refractivity contribution in [3.05, 3.63) is 51.4 Å². The minimum absolute atomic E-state index is 0.00628. The highest BCUT2D eigenvalue weighted by atomic mass is 16.5. The Morgan fingerprint density at radius 3 is 2.52 bits per heavy atom. The first-order valence-electron chi connectivity index (χ1n) is 10.4. The van der Waals surface area contributed by atoms with E-state index in [0.29, 0.717) is 12.5 Å². The van der Waals surface area contributed by atoms with Crippen molar-refractivity contribution in [3.63, 3.8) is 0 Å². The van der Waals surface area contributed by atoms with Crippen molar-refractivity contribution in [1.82, 2.24) is 14.9 Å². The molecule has 0 bridgehead atoms. The van der Waals surface area contributed by atoms with Crippen molar-refractivity contribution in [2.75, 3.05) is 43.5 Å². The Labute approximate surface area is 172 Å². The SMILES string of the molecule is C[C@@H]1CN(c2nc3c(c(=O)[nH]2)CCN(Cc2ccc(N(C)C)cc2)C3)C[C@@H](C)O1. The van der Waals surface area contributed by atoms with Crippen LogP contribution < -0.4 is 15.4 Å². The average molecular weight is 398 g/mol. The van der Waals surface area contributed by atoms with Crippen LogP contribution in [0.15, 0.2) is 29.1 Å². The van der Waals surface area contributed by atoms with Crippen LogP contribution in [0.3, 0.4) is 0 Å². The highest BCUT2D eigenvalue weighted by Crippen LogP contribution is 2.21. The molecule has 1 N–H and O–H groups in total. The predicted molar refractivity (Wildman–Crippen MR) is 116 cm³/mol. The number of nitrogens with one attached hydrogen (secondary N) is 1. The molecule has 2 aliphatic rings. The van der Waals surface area contributed by atoms with Crippen molar-refractivity contribution in [1.29, 1.82) is 0 Å². The number of ether oxygens (including phenoxy) is 1. The summed E-state index contributed by atoms with van der Waals surface area (Å²) in [5.41, 5.74) is 4.23. The highest BCUT2D eigenvalue weighted by Gasteiger charge is 2.27. The monoisotopic (exact) mass is 397 g/mol. The van der Waals surface area contributed by atoms with E-state index in [1.165, 1.54) is 11.3 Å². The molecule has 0 unspecified atom stereocenters. The van der Waals surface area contributed by atoms with E-state index in [1.807, 2.05) is 14.1 Å². The lowest BCUT2D eigenvalue weighted by Crippen LogP contribution is -2.47. The van der Waals surface area contributed by atoms with Crippen LogP contribution in [0.5, 0.6) is 0 Å². The van der Waals surface area contributed by atoms with Crippen molar-refractivity contribution < 1.29 is 4.74 Å². The smallest absolute Gasteiger partial charge is 0.255 e. The summed E-state index contributed by atoms with van der Waals surface area (Å²) < 4.78 is 5.81. The Morgan fingerprint density at radius 2 is 1.86 bits per heavy atom. The normalized spacial score (nSPS) is 22.4. The van der Waals surface area contributed by atoms with E-state index in [0.717, 1.165) is 43.9 Å². The second kappa shape index (κ2) is 8.16. The fourth-order valence-electron chi connectivity index (χ4n) is 4.27. The summed E-state index contributed by atoms with van der Waals surface area (Å²) in [6.45, 7) is 8.05. The molecular weight excluding hydrogens is 366 g/mol. The number of aromatic nitrogens is 2. The molecule has 0 radical (unpaired) electrons. The quantitative estimate of drug-likeness (QED) is 0.852. The van der Waals surface area contributed by atoms with E-state index >= 15 is 0 Å². The molecule has 1 aromatic carbocycles. The molecule has 7 heteroatoms. The van der Waals surface area contributed by atoms with Crippen LogP contribution >= 0.6 is 0 Å². The lowest BCUT2D eigenvalue weighted by atomic mass is 10.1. The van der Waals surface area contributed by atoms with Crippen LogP contribution in [0.4, 0.5) is 11.6 Å².